The number of carbonyl (C=O) groups is 2. The molecule has 0 aliphatic carbocycles. The normalized spacial score (nSPS) is 10.4. The van der Waals surface area contributed by atoms with E-state index in [1.54, 1.807) is 21.0 Å². The predicted molar refractivity (Wildman–Crippen MR) is 118 cm³/mol. The van der Waals surface area contributed by atoms with E-state index in [0.29, 0.717) is 19.8 Å². The highest BCUT2D eigenvalue weighted by atomic mass is 16.6. The van der Waals surface area contributed by atoms with Gasteiger partial charge in [-0.3, -0.25) is 4.79 Å². The SMILES string of the molecule is CCOCC(=O)OCC.COCc1ccccc1.Cc1ccc(OC(C)C=O)cc1. The van der Waals surface area contributed by atoms with Gasteiger partial charge in [0, 0.05) is 13.7 Å². The molecule has 2 aromatic rings. The van der Waals surface area contributed by atoms with Crippen molar-refractivity contribution in [2.75, 3.05) is 26.9 Å². The maximum Gasteiger partial charge on any atom is 0.332 e. The van der Waals surface area contributed by atoms with Crippen molar-refractivity contribution in [3.05, 3.63) is 65.7 Å². The Hall–Kier alpha value is -2.70. The van der Waals surface area contributed by atoms with E-state index in [1.807, 2.05) is 68.4 Å². The first-order chi connectivity index (χ1) is 14.5. The molecule has 0 saturated carbocycles. The molecule has 0 bridgehead atoms. The van der Waals surface area contributed by atoms with E-state index in [2.05, 4.69) is 4.74 Å². The quantitative estimate of drug-likeness (QED) is 0.445. The Labute approximate surface area is 180 Å². The van der Waals surface area contributed by atoms with E-state index < -0.39 is 0 Å². The smallest absolute Gasteiger partial charge is 0.332 e. The molecule has 6 nitrogen and oxygen atoms in total. The highest BCUT2D eigenvalue weighted by molar-refractivity contribution is 5.70. The number of aryl methyl sites for hydroxylation is 1. The van der Waals surface area contributed by atoms with Crippen molar-refractivity contribution in [1.29, 1.82) is 0 Å². The second kappa shape index (κ2) is 18.3. The Balaban J connectivity index is 0.000000428. The van der Waals surface area contributed by atoms with Crippen LogP contribution in [-0.4, -0.2) is 45.3 Å². The van der Waals surface area contributed by atoms with E-state index in [-0.39, 0.29) is 18.7 Å². The van der Waals surface area contributed by atoms with E-state index in [4.69, 9.17) is 14.2 Å². The third-order valence-corrected chi connectivity index (χ3v) is 3.42. The molecule has 1 unspecified atom stereocenters. The molecule has 0 aliphatic heterocycles. The first kappa shape index (κ1) is 27.3. The fourth-order valence-electron chi connectivity index (χ4n) is 1.99. The predicted octanol–water partition coefficient (Wildman–Crippen LogP) is 4.38. The Morgan fingerprint density at radius 3 is 2.13 bits per heavy atom. The number of methoxy groups -OCH3 is 1. The van der Waals surface area contributed by atoms with Crippen molar-refractivity contribution in [2.24, 2.45) is 0 Å². The monoisotopic (exact) mass is 418 g/mol. The van der Waals surface area contributed by atoms with Gasteiger partial charge in [-0.1, -0.05) is 48.0 Å². The van der Waals surface area contributed by atoms with Crippen LogP contribution in [0.3, 0.4) is 0 Å². The average molecular weight is 419 g/mol. The van der Waals surface area contributed by atoms with Crippen molar-refractivity contribution in [3.63, 3.8) is 0 Å². The number of hydrogen-bond donors (Lipinski definition) is 0. The zero-order valence-corrected chi connectivity index (χ0v) is 18.6. The van der Waals surface area contributed by atoms with Gasteiger partial charge in [0.2, 0.25) is 0 Å². The number of esters is 1. The second-order valence-corrected chi connectivity index (χ2v) is 6.13. The lowest BCUT2D eigenvalue weighted by molar-refractivity contribution is -0.148. The molecule has 0 amide bonds. The van der Waals surface area contributed by atoms with Crippen molar-refractivity contribution in [1.82, 2.24) is 0 Å². The molecule has 0 radical (unpaired) electrons. The maximum atomic E-state index is 10.5. The molecule has 166 valence electrons. The molecule has 0 N–H and O–H groups in total. The Kier molecular flexibility index (Phi) is 16.7. The molecule has 0 aromatic heterocycles. The second-order valence-electron chi connectivity index (χ2n) is 6.13. The molecule has 6 heteroatoms. The van der Waals surface area contributed by atoms with Gasteiger partial charge in [-0.05, 0) is 45.4 Å². The van der Waals surface area contributed by atoms with Crippen LogP contribution in [0.2, 0.25) is 0 Å². The summed E-state index contributed by atoms with van der Waals surface area (Å²) in [5.41, 5.74) is 2.40. The van der Waals surface area contributed by atoms with Gasteiger partial charge in [-0.15, -0.1) is 0 Å². The molecule has 0 fully saturated rings. The third-order valence-electron chi connectivity index (χ3n) is 3.42. The summed E-state index contributed by atoms with van der Waals surface area (Å²) in [5, 5.41) is 0. The van der Waals surface area contributed by atoms with Crippen LogP contribution < -0.4 is 4.74 Å². The summed E-state index contributed by atoms with van der Waals surface area (Å²) >= 11 is 0. The minimum Gasteiger partial charge on any atom is -0.483 e. The standard InChI is InChI=1S/C10H12O2.C8H10O.C6H12O3/c1-8-3-5-10(6-4-8)12-9(2)7-11;1-9-7-8-5-3-2-4-6-8;1-3-8-5-6(7)9-4-2/h3-7,9H,1-2H3;2-6H,7H2,1H3;3-5H2,1-2H3. The number of benzene rings is 2. The van der Waals surface area contributed by atoms with Crippen molar-refractivity contribution in [2.45, 2.75) is 40.4 Å². The summed E-state index contributed by atoms with van der Waals surface area (Å²) in [6.07, 6.45) is 0.410. The molecule has 0 spiro atoms. The highest BCUT2D eigenvalue weighted by Gasteiger charge is 2.00. The zero-order chi connectivity index (χ0) is 22.6. The Morgan fingerprint density at radius 2 is 1.63 bits per heavy atom. The van der Waals surface area contributed by atoms with Crippen LogP contribution in [0.1, 0.15) is 31.9 Å². The van der Waals surface area contributed by atoms with Gasteiger partial charge in [-0.25, -0.2) is 4.79 Å². The zero-order valence-electron chi connectivity index (χ0n) is 18.6. The molecule has 1 atom stereocenters. The molecule has 0 aliphatic rings. The van der Waals surface area contributed by atoms with Crippen molar-refractivity contribution >= 4 is 12.3 Å². The van der Waals surface area contributed by atoms with Gasteiger partial charge < -0.3 is 18.9 Å². The lowest BCUT2D eigenvalue weighted by Crippen LogP contribution is -2.12. The average Bonchev–Trinajstić information content (AvgIpc) is 2.76. The van der Waals surface area contributed by atoms with Crippen LogP contribution in [0.15, 0.2) is 54.6 Å². The first-order valence-corrected chi connectivity index (χ1v) is 9.91. The number of rotatable bonds is 9. The van der Waals surface area contributed by atoms with Gasteiger partial charge in [0.25, 0.3) is 0 Å². The molecular formula is C24H34O6. The minimum atomic E-state index is -0.368. The van der Waals surface area contributed by atoms with E-state index in [9.17, 15) is 9.59 Å². The van der Waals surface area contributed by atoms with Crippen LogP contribution in [0.5, 0.6) is 5.75 Å². The van der Waals surface area contributed by atoms with Crippen LogP contribution in [-0.2, 0) is 30.4 Å². The third kappa shape index (κ3) is 15.2. The minimum absolute atomic E-state index is 0.0737. The summed E-state index contributed by atoms with van der Waals surface area (Å²) in [5.74, 6) is 0.444. The number of aldehydes is 1. The molecule has 0 saturated heterocycles. The fourth-order valence-corrected chi connectivity index (χ4v) is 1.99. The summed E-state index contributed by atoms with van der Waals surface area (Å²) in [6.45, 7) is 9.08. The molecular weight excluding hydrogens is 384 g/mol. The Bertz CT molecular complexity index is 670. The molecule has 30 heavy (non-hydrogen) atoms. The van der Waals surface area contributed by atoms with Crippen LogP contribution in [0, 0.1) is 6.92 Å². The van der Waals surface area contributed by atoms with Gasteiger partial charge in [-0.2, -0.15) is 0 Å². The molecule has 0 heterocycles. The lowest BCUT2D eigenvalue weighted by atomic mass is 10.2. The summed E-state index contributed by atoms with van der Waals surface area (Å²) in [7, 11) is 1.70. The van der Waals surface area contributed by atoms with Crippen LogP contribution in [0.25, 0.3) is 0 Å². The van der Waals surface area contributed by atoms with Crippen molar-refractivity contribution < 1.29 is 28.5 Å². The van der Waals surface area contributed by atoms with Crippen LogP contribution >= 0.6 is 0 Å². The van der Waals surface area contributed by atoms with E-state index >= 15 is 0 Å². The Morgan fingerprint density at radius 1 is 1.00 bits per heavy atom. The first-order valence-electron chi connectivity index (χ1n) is 9.91. The maximum absolute atomic E-state index is 10.5. The van der Waals surface area contributed by atoms with Gasteiger partial charge in [0.1, 0.15) is 12.4 Å². The molecule has 2 aromatic carbocycles. The van der Waals surface area contributed by atoms with E-state index in [0.717, 1.165) is 12.0 Å². The summed E-state index contributed by atoms with van der Waals surface area (Å²) < 4.78 is 19.5. The highest BCUT2D eigenvalue weighted by Crippen LogP contribution is 2.12. The summed E-state index contributed by atoms with van der Waals surface area (Å²) in [6, 6.07) is 17.7. The fraction of sp³-hybridized carbons (Fsp3) is 0.417. The van der Waals surface area contributed by atoms with Crippen molar-refractivity contribution in [3.8, 4) is 5.75 Å². The largest absolute Gasteiger partial charge is 0.483 e. The van der Waals surface area contributed by atoms with Crippen LogP contribution in [0.4, 0.5) is 0 Å². The number of ether oxygens (including phenoxy) is 4. The number of hydrogen-bond acceptors (Lipinski definition) is 6. The van der Waals surface area contributed by atoms with Gasteiger partial charge in [0.05, 0.1) is 13.2 Å². The molecule has 2 rings (SSSR count). The van der Waals surface area contributed by atoms with Gasteiger partial charge in [0.15, 0.2) is 12.4 Å². The van der Waals surface area contributed by atoms with E-state index in [1.165, 1.54) is 11.1 Å². The van der Waals surface area contributed by atoms with Gasteiger partial charge >= 0.3 is 5.97 Å². The topological polar surface area (TPSA) is 71.1 Å². The summed E-state index contributed by atoms with van der Waals surface area (Å²) in [4.78, 5) is 20.7. The number of carbonyl (C=O) groups excluding carboxylic acids is 2. The lowest BCUT2D eigenvalue weighted by Gasteiger charge is -2.07.